The van der Waals surface area contributed by atoms with Crippen LogP contribution in [-0.4, -0.2) is 89.2 Å². The summed E-state index contributed by atoms with van der Waals surface area (Å²) in [5, 5.41) is 31.4. The molecule has 0 aromatic rings. The summed E-state index contributed by atoms with van der Waals surface area (Å²) in [5.74, 6) is -3.12. The lowest BCUT2D eigenvalue weighted by Crippen LogP contribution is -2.61. The topological polar surface area (TPSA) is 175 Å². The molecule has 1 aliphatic heterocycles. The molecule has 1 saturated heterocycles. The summed E-state index contributed by atoms with van der Waals surface area (Å²) in [6.45, 7) is 5.85. The van der Waals surface area contributed by atoms with Crippen molar-refractivity contribution in [2.24, 2.45) is 0 Å². The molecule has 0 aliphatic carbocycles. The van der Waals surface area contributed by atoms with Gasteiger partial charge in [-0.2, -0.15) is 0 Å². The van der Waals surface area contributed by atoms with Gasteiger partial charge in [-0.3, -0.25) is 14.4 Å². The summed E-state index contributed by atoms with van der Waals surface area (Å²) in [6, 6.07) is 0. The Morgan fingerprint density at radius 1 is 0.479 bits per heavy atom. The average Bonchev–Trinajstić information content (AvgIpc) is 3.35. The Kier molecular flexibility index (Phi) is 44.1. The molecule has 6 unspecified atom stereocenters. The number of carboxylic acid groups (broad SMARTS) is 1. The van der Waals surface area contributed by atoms with Gasteiger partial charge >= 0.3 is 23.9 Å². The van der Waals surface area contributed by atoms with Gasteiger partial charge in [0.05, 0.1) is 6.61 Å². The fourth-order valence-electron chi connectivity index (χ4n) is 8.54. The van der Waals surface area contributed by atoms with E-state index in [-0.39, 0.29) is 25.9 Å². The number of rotatable bonds is 48. The van der Waals surface area contributed by atoms with Gasteiger partial charge < -0.3 is 39.0 Å². The smallest absolute Gasteiger partial charge is 0.335 e. The molecule has 1 fully saturated rings. The van der Waals surface area contributed by atoms with E-state index in [1.165, 1.54) is 89.9 Å². The van der Waals surface area contributed by atoms with Crippen LogP contribution in [0.1, 0.15) is 252 Å². The van der Waals surface area contributed by atoms with Crippen LogP contribution in [0, 0.1) is 0 Å². The van der Waals surface area contributed by atoms with Crippen molar-refractivity contribution in [1.82, 2.24) is 0 Å². The second kappa shape index (κ2) is 47.7. The molecule has 12 heteroatoms. The number of aliphatic hydroxyl groups excluding tert-OH is 2. The van der Waals surface area contributed by atoms with Crippen molar-refractivity contribution >= 4 is 23.9 Å². The van der Waals surface area contributed by atoms with Crippen molar-refractivity contribution < 1.29 is 58.2 Å². The van der Waals surface area contributed by atoms with E-state index in [9.17, 15) is 34.5 Å². The summed E-state index contributed by atoms with van der Waals surface area (Å²) in [7, 11) is 0. The Hall–Kier alpha value is -3.32. The van der Waals surface area contributed by atoms with Crippen molar-refractivity contribution in [1.29, 1.82) is 0 Å². The molecule has 0 saturated carbocycles. The first-order chi connectivity index (χ1) is 34.6. The molecule has 0 bridgehead atoms. The van der Waals surface area contributed by atoms with Crippen molar-refractivity contribution in [3.05, 3.63) is 48.6 Å². The molecule has 12 nitrogen and oxygen atoms in total. The number of allylic oxidation sites excluding steroid dienone is 8. The minimum absolute atomic E-state index is 0.0463. The lowest BCUT2D eigenvalue weighted by atomic mass is 9.98. The van der Waals surface area contributed by atoms with Gasteiger partial charge in [-0.15, -0.1) is 0 Å². The van der Waals surface area contributed by atoms with E-state index in [4.69, 9.17) is 23.7 Å². The van der Waals surface area contributed by atoms with Crippen LogP contribution >= 0.6 is 0 Å². The zero-order valence-electron chi connectivity index (χ0n) is 45.0. The molecule has 1 rings (SSSR count). The van der Waals surface area contributed by atoms with Crippen molar-refractivity contribution in [3.63, 3.8) is 0 Å². The highest BCUT2D eigenvalue weighted by Crippen LogP contribution is 2.26. The van der Waals surface area contributed by atoms with Gasteiger partial charge in [0.1, 0.15) is 18.8 Å². The molecule has 0 amide bonds. The number of ether oxygens (including phenoxy) is 5. The minimum atomic E-state index is -1.90. The number of unbranched alkanes of at least 4 members (excludes halogenated alkanes) is 26. The Labute approximate surface area is 431 Å². The third-order valence-electron chi connectivity index (χ3n) is 12.9. The average molecular weight is 1000 g/mol. The van der Waals surface area contributed by atoms with E-state index in [1.54, 1.807) is 0 Å². The van der Waals surface area contributed by atoms with Crippen LogP contribution in [0.4, 0.5) is 0 Å². The van der Waals surface area contributed by atoms with Crippen molar-refractivity contribution in [3.8, 4) is 0 Å². The Morgan fingerprint density at radius 2 is 0.887 bits per heavy atom. The Morgan fingerprint density at radius 3 is 1.35 bits per heavy atom. The van der Waals surface area contributed by atoms with Gasteiger partial charge in [0.2, 0.25) is 0 Å². The molecule has 0 aromatic carbocycles. The second-order valence-corrected chi connectivity index (χ2v) is 19.6. The van der Waals surface area contributed by atoms with Gasteiger partial charge in [-0.05, 0) is 57.8 Å². The first kappa shape index (κ1) is 65.7. The van der Waals surface area contributed by atoms with Gasteiger partial charge in [0.25, 0.3) is 0 Å². The van der Waals surface area contributed by atoms with Crippen LogP contribution < -0.4 is 0 Å². The number of esters is 3. The summed E-state index contributed by atoms with van der Waals surface area (Å²) in [6.07, 6.45) is 43.8. The number of aliphatic hydroxyl groups is 2. The summed E-state index contributed by atoms with van der Waals surface area (Å²) < 4.78 is 28.3. The number of carbonyl (C=O) groups is 4. The van der Waals surface area contributed by atoms with Gasteiger partial charge in [-0.1, -0.05) is 223 Å². The van der Waals surface area contributed by atoms with Crippen molar-refractivity contribution in [2.45, 2.75) is 289 Å². The zero-order valence-corrected chi connectivity index (χ0v) is 45.0. The Balaban J connectivity index is 2.65. The predicted molar refractivity (Wildman–Crippen MR) is 285 cm³/mol. The summed E-state index contributed by atoms with van der Waals surface area (Å²) >= 11 is 0. The molecule has 6 atom stereocenters. The van der Waals surface area contributed by atoms with Gasteiger partial charge in [0, 0.05) is 19.3 Å². The van der Waals surface area contributed by atoms with Crippen LogP contribution in [0.25, 0.3) is 0 Å². The van der Waals surface area contributed by atoms with Gasteiger partial charge in [-0.25, -0.2) is 4.79 Å². The molecule has 0 aromatic heterocycles. The zero-order chi connectivity index (χ0) is 51.8. The van der Waals surface area contributed by atoms with E-state index >= 15 is 0 Å². The second-order valence-electron chi connectivity index (χ2n) is 19.6. The maximum Gasteiger partial charge on any atom is 0.335 e. The van der Waals surface area contributed by atoms with Gasteiger partial charge in [0.15, 0.2) is 24.6 Å². The Bertz CT molecular complexity index is 1420. The predicted octanol–water partition coefficient (Wildman–Crippen LogP) is 14.2. The monoisotopic (exact) mass is 1000 g/mol. The third-order valence-corrected chi connectivity index (χ3v) is 12.9. The highest BCUT2D eigenvalue weighted by molar-refractivity contribution is 5.74. The first-order valence-corrected chi connectivity index (χ1v) is 28.6. The summed E-state index contributed by atoms with van der Waals surface area (Å²) in [5.41, 5.74) is 0. The molecule has 1 heterocycles. The minimum Gasteiger partial charge on any atom is -0.479 e. The SMILES string of the molecule is CC/C=C\C/C=C\C/C=C\C/C=C\CCCCCCCCC(=O)OC1C(OCC(COC(=O)CCCCCCCCCCCCCCC)OC(=O)CCCCCCCCCCC)OC(C(=O)O)C(O)C1O. The highest BCUT2D eigenvalue weighted by Gasteiger charge is 2.50. The number of carboxylic acids is 1. The fraction of sp³-hybridized carbons (Fsp3) is 0.797. The molecular weight excluding hydrogens is 901 g/mol. The molecule has 71 heavy (non-hydrogen) atoms. The van der Waals surface area contributed by atoms with Crippen LogP contribution in [0.3, 0.4) is 0 Å². The molecule has 410 valence electrons. The van der Waals surface area contributed by atoms with E-state index < -0.39 is 67.3 Å². The first-order valence-electron chi connectivity index (χ1n) is 28.6. The normalized spacial score (nSPS) is 18.8. The van der Waals surface area contributed by atoms with Crippen LogP contribution in [-0.2, 0) is 42.9 Å². The highest BCUT2D eigenvalue weighted by atomic mass is 16.7. The molecule has 0 radical (unpaired) electrons. The lowest BCUT2D eigenvalue weighted by Gasteiger charge is -2.40. The maximum absolute atomic E-state index is 13.0. The summed E-state index contributed by atoms with van der Waals surface area (Å²) in [4.78, 5) is 50.9. The molecule has 3 N–H and O–H groups in total. The van der Waals surface area contributed by atoms with Crippen LogP contribution in [0.2, 0.25) is 0 Å². The third kappa shape index (κ3) is 38.0. The standard InChI is InChI=1S/C59H102O12/c1-4-7-10-13-16-19-21-23-24-25-26-27-28-30-32-35-38-41-44-47-53(62)70-57-55(64)54(63)56(58(65)66)71-59(57)68-49-50(69-52(61)46-43-40-37-33-18-15-12-9-6-3)48-67-51(60)45-42-39-36-34-31-29-22-20-17-14-11-8-5-2/h7,10,16,19,23-24,26-27,50,54-57,59,63-64H,4-6,8-9,11-15,17-18,20-22,25,28-49H2,1-3H3,(H,65,66)/b10-7-,19-16-,24-23-,27-26-. The quantitative estimate of drug-likeness (QED) is 0.0228. The number of aliphatic carboxylic acids is 1. The number of hydrogen-bond donors (Lipinski definition) is 3. The molecular formula is C59H102O12. The largest absolute Gasteiger partial charge is 0.479 e. The number of hydrogen-bond acceptors (Lipinski definition) is 11. The maximum atomic E-state index is 13.0. The van der Waals surface area contributed by atoms with Crippen LogP contribution in [0.15, 0.2) is 48.6 Å². The van der Waals surface area contributed by atoms with E-state index in [0.29, 0.717) is 19.3 Å². The fourth-order valence-corrected chi connectivity index (χ4v) is 8.54. The lowest BCUT2D eigenvalue weighted by molar-refractivity contribution is -0.301. The van der Waals surface area contributed by atoms with Crippen LogP contribution in [0.5, 0.6) is 0 Å². The molecule has 1 aliphatic rings. The number of carbonyl (C=O) groups excluding carboxylic acids is 3. The van der Waals surface area contributed by atoms with E-state index in [2.05, 4.69) is 69.4 Å². The van der Waals surface area contributed by atoms with E-state index in [1.807, 2.05) is 0 Å². The van der Waals surface area contributed by atoms with Crippen molar-refractivity contribution in [2.75, 3.05) is 13.2 Å². The molecule has 0 spiro atoms. The van der Waals surface area contributed by atoms with E-state index in [0.717, 1.165) is 103 Å².